The summed E-state index contributed by atoms with van der Waals surface area (Å²) in [6, 6.07) is 12.7. The second-order valence-electron chi connectivity index (χ2n) is 5.29. The SMILES string of the molecule is CCCCOc1cccc(C(=O)Nc2nc3c(Cl)cccc3s2)c1. The molecule has 0 spiro atoms. The molecule has 0 unspecified atom stereocenters. The smallest absolute Gasteiger partial charge is 0.257 e. The average molecular weight is 361 g/mol. The highest BCUT2D eigenvalue weighted by molar-refractivity contribution is 7.22. The maximum atomic E-state index is 12.4. The number of nitrogens with zero attached hydrogens (tertiary/aromatic N) is 1. The fourth-order valence-electron chi connectivity index (χ4n) is 2.20. The number of amides is 1. The number of unbranched alkanes of at least 4 members (excludes halogenated alkanes) is 1. The van der Waals surface area contributed by atoms with Gasteiger partial charge in [-0.3, -0.25) is 10.1 Å². The van der Waals surface area contributed by atoms with Crippen molar-refractivity contribution in [2.75, 3.05) is 11.9 Å². The summed E-state index contributed by atoms with van der Waals surface area (Å²) in [6.07, 6.45) is 2.06. The van der Waals surface area contributed by atoms with Gasteiger partial charge in [-0.1, -0.05) is 48.4 Å². The first-order valence-corrected chi connectivity index (χ1v) is 8.96. The van der Waals surface area contributed by atoms with Gasteiger partial charge in [-0.2, -0.15) is 0 Å². The number of anilines is 1. The molecule has 0 aliphatic heterocycles. The summed E-state index contributed by atoms with van der Waals surface area (Å²) >= 11 is 7.52. The van der Waals surface area contributed by atoms with Crippen molar-refractivity contribution in [1.82, 2.24) is 4.98 Å². The number of aromatic nitrogens is 1. The largest absolute Gasteiger partial charge is 0.494 e. The maximum Gasteiger partial charge on any atom is 0.257 e. The number of nitrogens with one attached hydrogen (secondary N) is 1. The van der Waals surface area contributed by atoms with Crippen molar-refractivity contribution in [2.45, 2.75) is 19.8 Å². The number of benzene rings is 2. The summed E-state index contributed by atoms with van der Waals surface area (Å²) in [5.41, 5.74) is 1.24. The number of para-hydroxylation sites is 1. The minimum atomic E-state index is -0.217. The van der Waals surface area contributed by atoms with Gasteiger partial charge < -0.3 is 4.74 Å². The molecule has 1 amide bonds. The first kappa shape index (κ1) is 16.7. The number of hydrogen-bond donors (Lipinski definition) is 1. The fraction of sp³-hybridized carbons (Fsp3) is 0.222. The normalized spacial score (nSPS) is 10.8. The van der Waals surface area contributed by atoms with Crippen LogP contribution in [0.15, 0.2) is 42.5 Å². The zero-order chi connectivity index (χ0) is 16.9. The van der Waals surface area contributed by atoms with Gasteiger partial charge in [0.05, 0.1) is 16.3 Å². The van der Waals surface area contributed by atoms with E-state index in [0.717, 1.165) is 17.5 Å². The van der Waals surface area contributed by atoms with E-state index in [4.69, 9.17) is 16.3 Å². The molecule has 6 heteroatoms. The minimum Gasteiger partial charge on any atom is -0.494 e. The molecule has 1 aromatic heterocycles. The predicted molar refractivity (Wildman–Crippen MR) is 99.4 cm³/mol. The van der Waals surface area contributed by atoms with E-state index in [9.17, 15) is 4.79 Å². The van der Waals surface area contributed by atoms with Gasteiger partial charge in [-0.15, -0.1) is 0 Å². The molecule has 0 atom stereocenters. The van der Waals surface area contributed by atoms with E-state index in [1.807, 2.05) is 24.3 Å². The summed E-state index contributed by atoms with van der Waals surface area (Å²) in [6.45, 7) is 2.76. The molecule has 3 aromatic rings. The molecule has 1 N–H and O–H groups in total. The highest BCUT2D eigenvalue weighted by atomic mass is 35.5. The van der Waals surface area contributed by atoms with Crippen molar-refractivity contribution >= 4 is 44.2 Å². The zero-order valence-electron chi connectivity index (χ0n) is 13.2. The van der Waals surface area contributed by atoms with Crippen LogP contribution in [0.2, 0.25) is 5.02 Å². The van der Waals surface area contributed by atoms with Crippen molar-refractivity contribution in [1.29, 1.82) is 0 Å². The van der Waals surface area contributed by atoms with Gasteiger partial charge in [0.25, 0.3) is 5.91 Å². The lowest BCUT2D eigenvalue weighted by Crippen LogP contribution is -2.11. The maximum absolute atomic E-state index is 12.4. The summed E-state index contributed by atoms with van der Waals surface area (Å²) in [5.74, 6) is 0.481. The molecule has 0 saturated heterocycles. The summed E-state index contributed by atoms with van der Waals surface area (Å²) < 4.78 is 6.58. The first-order valence-electron chi connectivity index (χ1n) is 7.76. The van der Waals surface area contributed by atoms with E-state index in [1.54, 1.807) is 18.2 Å². The number of rotatable bonds is 6. The molecule has 0 aliphatic rings. The number of ether oxygens (including phenoxy) is 1. The van der Waals surface area contributed by atoms with Crippen LogP contribution in [-0.2, 0) is 0 Å². The van der Waals surface area contributed by atoms with Crippen molar-refractivity contribution < 1.29 is 9.53 Å². The van der Waals surface area contributed by atoms with E-state index in [2.05, 4.69) is 17.2 Å². The Bertz CT molecular complexity index is 863. The van der Waals surface area contributed by atoms with Gasteiger partial charge in [0, 0.05) is 5.56 Å². The molecule has 3 rings (SSSR count). The first-order chi connectivity index (χ1) is 11.7. The highest BCUT2D eigenvalue weighted by Crippen LogP contribution is 2.30. The van der Waals surface area contributed by atoms with Gasteiger partial charge in [0.1, 0.15) is 11.3 Å². The Morgan fingerprint density at radius 3 is 2.92 bits per heavy atom. The van der Waals surface area contributed by atoms with Crippen LogP contribution < -0.4 is 10.1 Å². The number of halogens is 1. The Morgan fingerprint density at radius 1 is 1.29 bits per heavy atom. The Morgan fingerprint density at radius 2 is 2.12 bits per heavy atom. The zero-order valence-corrected chi connectivity index (χ0v) is 14.8. The third-order valence-electron chi connectivity index (χ3n) is 3.45. The van der Waals surface area contributed by atoms with E-state index in [-0.39, 0.29) is 5.91 Å². The summed E-state index contributed by atoms with van der Waals surface area (Å²) in [5, 5.41) is 3.93. The summed E-state index contributed by atoms with van der Waals surface area (Å²) in [7, 11) is 0. The minimum absolute atomic E-state index is 0.217. The Kier molecular flexibility index (Phi) is 5.33. The second-order valence-corrected chi connectivity index (χ2v) is 6.73. The molecule has 4 nitrogen and oxygen atoms in total. The van der Waals surface area contributed by atoms with Gasteiger partial charge in [-0.25, -0.2) is 4.98 Å². The molecular formula is C18H17ClN2O2S. The standard InChI is InChI=1S/C18H17ClN2O2S/c1-2-3-10-23-13-7-4-6-12(11-13)17(22)21-18-20-16-14(19)8-5-9-15(16)24-18/h4-9,11H,2-3,10H2,1H3,(H,20,21,22). The van der Waals surface area contributed by atoms with Crippen molar-refractivity contribution in [3.63, 3.8) is 0 Å². The quantitative estimate of drug-likeness (QED) is 0.600. The van der Waals surface area contributed by atoms with Gasteiger partial charge in [0.2, 0.25) is 0 Å². The third-order valence-corrected chi connectivity index (χ3v) is 4.69. The van der Waals surface area contributed by atoms with Crippen LogP contribution in [0.4, 0.5) is 5.13 Å². The third kappa shape index (κ3) is 3.86. The summed E-state index contributed by atoms with van der Waals surface area (Å²) in [4.78, 5) is 16.8. The number of thiazole rings is 1. The van der Waals surface area contributed by atoms with Crippen LogP contribution >= 0.6 is 22.9 Å². The molecule has 0 fully saturated rings. The molecule has 124 valence electrons. The molecule has 0 bridgehead atoms. The molecule has 0 saturated carbocycles. The Hall–Kier alpha value is -2.11. The number of carbonyl (C=O) groups excluding carboxylic acids is 1. The molecule has 24 heavy (non-hydrogen) atoms. The van der Waals surface area contributed by atoms with Gasteiger partial charge in [0.15, 0.2) is 5.13 Å². The van der Waals surface area contributed by atoms with E-state index >= 15 is 0 Å². The van der Waals surface area contributed by atoms with Crippen LogP contribution in [0.5, 0.6) is 5.75 Å². The molecule has 0 radical (unpaired) electrons. The van der Waals surface area contributed by atoms with Gasteiger partial charge in [-0.05, 0) is 36.8 Å². The van der Waals surface area contributed by atoms with Crippen molar-refractivity contribution in [3.05, 3.63) is 53.1 Å². The van der Waals surface area contributed by atoms with Crippen molar-refractivity contribution in [2.24, 2.45) is 0 Å². The van der Waals surface area contributed by atoms with Crippen LogP contribution in [0.25, 0.3) is 10.2 Å². The van der Waals surface area contributed by atoms with Gasteiger partial charge >= 0.3 is 0 Å². The van der Waals surface area contributed by atoms with Crippen LogP contribution in [0, 0.1) is 0 Å². The number of fused-ring (bicyclic) bond motifs is 1. The number of carbonyl (C=O) groups is 1. The van der Waals surface area contributed by atoms with E-state index in [1.165, 1.54) is 11.3 Å². The predicted octanol–water partition coefficient (Wildman–Crippen LogP) is 5.38. The molecule has 1 heterocycles. The van der Waals surface area contributed by atoms with E-state index in [0.29, 0.717) is 33.6 Å². The fourth-order valence-corrected chi connectivity index (χ4v) is 3.36. The topological polar surface area (TPSA) is 51.2 Å². The average Bonchev–Trinajstić information content (AvgIpc) is 2.99. The molecular weight excluding hydrogens is 344 g/mol. The van der Waals surface area contributed by atoms with E-state index < -0.39 is 0 Å². The second kappa shape index (κ2) is 7.64. The Balaban J connectivity index is 1.74. The van der Waals surface area contributed by atoms with Crippen LogP contribution in [0.3, 0.4) is 0 Å². The van der Waals surface area contributed by atoms with Crippen LogP contribution in [0.1, 0.15) is 30.1 Å². The lowest BCUT2D eigenvalue weighted by Gasteiger charge is -2.07. The van der Waals surface area contributed by atoms with Crippen molar-refractivity contribution in [3.8, 4) is 5.75 Å². The molecule has 0 aliphatic carbocycles. The monoisotopic (exact) mass is 360 g/mol. The lowest BCUT2D eigenvalue weighted by molar-refractivity contribution is 0.102. The molecule has 2 aromatic carbocycles. The van der Waals surface area contributed by atoms with Crippen LogP contribution in [-0.4, -0.2) is 17.5 Å². The number of hydrogen-bond acceptors (Lipinski definition) is 4. The Labute approximate surface area is 149 Å². The lowest BCUT2D eigenvalue weighted by atomic mass is 10.2. The highest BCUT2D eigenvalue weighted by Gasteiger charge is 2.12.